The summed E-state index contributed by atoms with van der Waals surface area (Å²) in [5, 5.41) is 0.652. The third-order valence-corrected chi connectivity index (χ3v) is 8.78. The minimum atomic E-state index is 0.233. The van der Waals surface area contributed by atoms with Gasteiger partial charge in [0.2, 0.25) is 0 Å². The van der Waals surface area contributed by atoms with Crippen molar-refractivity contribution < 1.29 is 0 Å². The fourth-order valence-corrected chi connectivity index (χ4v) is 7.11. The van der Waals surface area contributed by atoms with Crippen molar-refractivity contribution in [2.45, 2.75) is 65.0 Å². The highest BCUT2D eigenvalue weighted by atomic mass is 32.2. The highest BCUT2D eigenvalue weighted by Crippen LogP contribution is 2.51. The molecule has 1 heterocycles. The molecule has 1 nitrogen and oxygen atoms in total. The minimum Gasteiger partial charge on any atom is -0.398 e. The normalized spacial score (nSPS) is 37.6. The van der Waals surface area contributed by atoms with E-state index >= 15 is 0 Å². The van der Waals surface area contributed by atoms with Gasteiger partial charge in [0.25, 0.3) is 0 Å². The van der Waals surface area contributed by atoms with Crippen molar-refractivity contribution in [2.75, 3.05) is 0 Å². The Labute approximate surface area is 182 Å². The summed E-state index contributed by atoms with van der Waals surface area (Å²) in [6.07, 6.45) is 25.1. The van der Waals surface area contributed by atoms with Crippen LogP contribution in [0.2, 0.25) is 0 Å². The van der Waals surface area contributed by atoms with Gasteiger partial charge in [-0.15, -0.1) is 11.8 Å². The zero-order valence-electron chi connectivity index (χ0n) is 18.5. The summed E-state index contributed by atoms with van der Waals surface area (Å²) in [6.45, 7) is 9.30. The molecule has 0 aromatic carbocycles. The lowest BCUT2D eigenvalue weighted by molar-refractivity contribution is 0.190. The van der Waals surface area contributed by atoms with E-state index in [1.54, 1.807) is 0 Å². The summed E-state index contributed by atoms with van der Waals surface area (Å²) in [6, 6.07) is 0. The van der Waals surface area contributed by atoms with Gasteiger partial charge in [0, 0.05) is 15.9 Å². The molecule has 1 fully saturated rings. The van der Waals surface area contributed by atoms with Gasteiger partial charge in [-0.05, 0) is 79.3 Å². The van der Waals surface area contributed by atoms with Gasteiger partial charge in [-0.3, -0.25) is 0 Å². The SMILES string of the molecule is C/C=C1/CC(C2C=CCCC2)S/C1=C(/N)C1=CC(C(C)(C)C)C2C=CC=CC2C1. The van der Waals surface area contributed by atoms with Gasteiger partial charge < -0.3 is 5.73 Å². The third kappa shape index (κ3) is 4.24. The van der Waals surface area contributed by atoms with Gasteiger partial charge >= 0.3 is 0 Å². The topological polar surface area (TPSA) is 26.0 Å². The molecule has 5 atom stereocenters. The highest BCUT2D eigenvalue weighted by molar-refractivity contribution is 8.04. The maximum absolute atomic E-state index is 6.93. The summed E-state index contributed by atoms with van der Waals surface area (Å²) >= 11 is 2.05. The van der Waals surface area contributed by atoms with Gasteiger partial charge in [0.1, 0.15) is 0 Å². The summed E-state index contributed by atoms with van der Waals surface area (Å²) in [4.78, 5) is 1.36. The van der Waals surface area contributed by atoms with E-state index in [1.807, 2.05) is 0 Å². The van der Waals surface area contributed by atoms with Gasteiger partial charge in [-0.1, -0.05) is 69.4 Å². The molecule has 4 rings (SSSR count). The van der Waals surface area contributed by atoms with Crippen LogP contribution in [0.15, 0.2) is 70.4 Å². The molecule has 1 saturated heterocycles. The number of nitrogens with two attached hydrogens (primary N) is 1. The molecule has 2 N–H and O–H groups in total. The van der Waals surface area contributed by atoms with E-state index in [0.29, 0.717) is 28.9 Å². The molecule has 156 valence electrons. The van der Waals surface area contributed by atoms with E-state index < -0.39 is 0 Å². The van der Waals surface area contributed by atoms with Crippen molar-refractivity contribution in [1.29, 1.82) is 0 Å². The zero-order chi connectivity index (χ0) is 20.6. The number of fused-ring (bicyclic) bond motifs is 1. The first-order valence-electron chi connectivity index (χ1n) is 11.4. The number of thioether (sulfide) groups is 1. The van der Waals surface area contributed by atoms with Crippen LogP contribution in [-0.4, -0.2) is 5.25 Å². The molecule has 29 heavy (non-hydrogen) atoms. The van der Waals surface area contributed by atoms with E-state index in [0.717, 1.165) is 18.5 Å². The molecule has 0 bridgehead atoms. The summed E-state index contributed by atoms with van der Waals surface area (Å²) < 4.78 is 0. The molecular formula is C27H37NS. The Morgan fingerprint density at radius 3 is 2.59 bits per heavy atom. The van der Waals surface area contributed by atoms with Gasteiger partial charge in [-0.25, -0.2) is 0 Å². The predicted molar refractivity (Wildman–Crippen MR) is 128 cm³/mol. The fourth-order valence-electron chi connectivity index (χ4n) is 5.53. The standard InChI is InChI=1S/C27H37NS/c1-5-18-17-24(19-11-7-6-8-12-19)29-26(18)25(28)21-15-20-13-9-10-14-22(20)23(16-21)27(2,3)4/h5,7,9-11,13-14,16,19-20,22-24H,6,8,12,15,17,28H2,1-4H3/b18-5-,26-25+. The maximum Gasteiger partial charge on any atom is 0.0484 e. The molecule has 0 aromatic rings. The van der Waals surface area contributed by atoms with Crippen molar-refractivity contribution in [3.8, 4) is 0 Å². The third-order valence-electron chi connectivity index (χ3n) is 7.24. The van der Waals surface area contributed by atoms with Crippen LogP contribution in [0.25, 0.3) is 0 Å². The zero-order valence-corrected chi connectivity index (χ0v) is 19.3. The number of allylic oxidation sites excluding steroid dienone is 10. The fraction of sp³-hybridized carbons (Fsp3) is 0.556. The van der Waals surface area contributed by atoms with Crippen molar-refractivity contribution >= 4 is 11.8 Å². The molecule has 2 heteroatoms. The van der Waals surface area contributed by atoms with Gasteiger partial charge in [0.15, 0.2) is 0 Å². The number of hydrogen-bond acceptors (Lipinski definition) is 2. The van der Waals surface area contributed by atoms with E-state index in [9.17, 15) is 0 Å². The Kier molecular flexibility index (Phi) is 6.02. The minimum absolute atomic E-state index is 0.233. The van der Waals surface area contributed by atoms with Crippen molar-refractivity contribution in [2.24, 2.45) is 34.8 Å². The van der Waals surface area contributed by atoms with Crippen molar-refractivity contribution in [3.05, 3.63) is 70.4 Å². The lowest BCUT2D eigenvalue weighted by atomic mass is 9.62. The van der Waals surface area contributed by atoms with Gasteiger partial charge in [0.05, 0.1) is 0 Å². The van der Waals surface area contributed by atoms with E-state index in [-0.39, 0.29) is 5.41 Å². The lowest BCUT2D eigenvalue weighted by Crippen LogP contribution is -2.35. The molecule has 3 aliphatic carbocycles. The van der Waals surface area contributed by atoms with Crippen LogP contribution in [0.5, 0.6) is 0 Å². The second kappa shape index (κ2) is 8.38. The van der Waals surface area contributed by atoms with Crippen LogP contribution < -0.4 is 5.73 Å². The quantitative estimate of drug-likeness (QED) is 0.485. The monoisotopic (exact) mass is 407 g/mol. The van der Waals surface area contributed by atoms with Gasteiger partial charge in [-0.2, -0.15) is 0 Å². The first kappa shape index (κ1) is 20.8. The Bertz CT molecular complexity index is 814. The van der Waals surface area contributed by atoms with Crippen LogP contribution >= 0.6 is 11.8 Å². The molecule has 0 saturated carbocycles. The van der Waals surface area contributed by atoms with Crippen LogP contribution in [0, 0.1) is 29.1 Å². The van der Waals surface area contributed by atoms with E-state index in [2.05, 4.69) is 88.1 Å². The smallest absolute Gasteiger partial charge is 0.0484 e. The Hall–Kier alpha value is -1.41. The molecule has 5 unspecified atom stereocenters. The first-order chi connectivity index (χ1) is 13.9. The van der Waals surface area contributed by atoms with E-state index in [1.165, 1.54) is 35.3 Å². The Morgan fingerprint density at radius 2 is 1.90 bits per heavy atom. The van der Waals surface area contributed by atoms with Crippen molar-refractivity contribution in [3.63, 3.8) is 0 Å². The van der Waals surface area contributed by atoms with E-state index in [4.69, 9.17) is 5.73 Å². The molecule has 0 aromatic heterocycles. The Morgan fingerprint density at radius 1 is 1.10 bits per heavy atom. The summed E-state index contributed by atoms with van der Waals surface area (Å²) in [5.74, 6) is 2.39. The average molecular weight is 408 g/mol. The van der Waals surface area contributed by atoms with Crippen LogP contribution in [-0.2, 0) is 0 Å². The molecule has 4 aliphatic rings. The van der Waals surface area contributed by atoms with Crippen molar-refractivity contribution in [1.82, 2.24) is 0 Å². The average Bonchev–Trinajstić information content (AvgIpc) is 3.17. The summed E-state index contributed by atoms with van der Waals surface area (Å²) in [5.41, 5.74) is 11.1. The highest BCUT2D eigenvalue weighted by Gasteiger charge is 2.39. The second-order valence-electron chi connectivity index (χ2n) is 10.2. The summed E-state index contributed by atoms with van der Waals surface area (Å²) in [7, 11) is 0. The maximum atomic E-state index is 6.93. The molecular weight excluding hydrogens is 370 g/mol. The van der Waals surface area contributed by atoms with Crippen LogP contribution in [0.4, 0.5) is 0 Å². The Balaban J connectivity index is 1.66. The van der Waals surface area contributed by atoms with Crippen LogP contribution in [0.3, 0.4) is 0 Å². The lowest BCUT2D eigenvalue weighted by Gasteiger charge is -2.42. The molecule has 1 aliphatic heterocycles. The largest absolute Gasteiger partial charge is 0.398 e. The molecule has 0 spiro atoms. The number of hydrogen-bond donors (Lipinski definition) is 1. The second-order valence-corrected chi connectivity index (χ2v) is 11.5. The number of rotatable bonds is 2. The molecule has 0 radical (unpaired) electrons. The first-order valence-corrected chi connectivity index (χ1v) is 12.3. The predicted octanol–water partition coefficient (Wildman–Crippen LogP) is 7.32. The molecule has 0 amide bonds. The van der Waals surface area contributed by atoms with Crippen LogP contribution in [0.1, 0.15) is 59.8 Å².